The highest BCUT2D eigenvalue weighted by molar-refractivity contribution is 6.13. The fourth-order valence-corrected chi connectivity index (χ4v) is 5.35. The Bertz CT molecular complexity index is 1270. The minimum absolute atomic E-state index is 0.140. The zero-order chi connectivity index (χ0) is 24.6. The molecule has 2 atom stereocenters. The topological polar surface area (TPSA) is 82.6 Å². The van der Waals surface area contributed by atoms with E-state index in [9.17, 15) is 8.78 Å². The molecule has 0 aromatic carbocycles. The minimum Gasteiger partial charge on any atom is -0.377 e. The van der Waals surface area contributed by atoms with Crippen molar-refractivity contribution < 1.29 is 18.3 Å². The van der Waals surface area contributed by atoms with Crippen molar-refractivity contribution >= 4 is 11.4 Å². The molecular formula is C25H29F2N7O2. The number of nitrogens with zero attached hydrogens (tertiary/aromatic N) is 7. The highest BCUT2D eigenvalue weighted by Gasteiger charge is 2.31. The van der Waals surface area contributed by atoms with E-state index in [1.54, 1.807) is 12.3 Å². The minimum atomic E-state index is -2.77. The number of pyridine rings is 1. The van der Waals surface area contributed by atoms with Crippen molar-refractivity contribution in [3.8, 4) is 11.4 Å². The van der Waals surface area contributed by atoms with Gasteiger partial charge in [-0.3, -0.25) is 4.99 Å². The maximum atomic E-state index is 13.8. The average Bonchev–Trinajstić information content (AvgIpc) is 3.59. The number of ether oxygens (including phenoxy) is 2. The molecule has 0 radical (unpaired) electrons. The van der Waals surface area contributed by atoms with Crippen LogP contribution >= 0.6 is 0 Å². The lowest BCUT2D eigenvalue weighted by Crippen LogP contribution is -2.44. The summed E-state index contributed by atoms with van der Waals surface area (Å²) in [5.41, 5.74) is 5.01. The Morgan fingerprint density at radius 2 is 1.94 bits per heavy atom. The lowest BCUT2D eigenvalue weighted by molar-refractivity contribution is -0.0397. The van der Waals surface area contributed by atoms with E-state index in [1.165, 1.54) is 6.20 Å². The van der Waals surface area contributed by atoms with Gasteiger partial charge in [-0.25, -0.2) is 14.3 Å². The van der Waals surface area contributed by atoms with Crippen molar-refractivity contribution in [1.82, 2.24) is 24.5 Å². The van der Waals surface area contributed by atoms with Gasteiger partial charge in [0.1, 0.15) is 5.71 Å². The number of aromatic nitrogens is 5. The maximum absolute atomic E-state index is 13.8. The second-order valence-electron chi connectivity index (χ2n) is 9.37. The lowest BCUT2D eigenvalue weighted by atomic mass is 9.96. The van der Waals surface area contributed by atoms with Crippen molar-refractivity contribution in [3.05, 3.63) is 47.5 Å². The van der Waals surface area contributed by atoms with Crippen molar-refractivity contribution in [2.45, 2.75) is 51.4 Å². The Kier molecular flexibility index (Phi) is 6.26. The van der Waals surface area contributed by atoms with Crippen LogP contribution in [-0.4, -0.2) is 69.2 Å². The zero-order valence-electron chi connectivity index (χ0n) is 20.2. The van der Waals surface area contributed by atoms with Gasteiger partial charge in [-0.05, 0) is 50.8 Å². The summed E-state index contributed by atoms with van der Waals surface area (Å²) in [6, 6.07) is 5.57. The smallest absolute Gasteiger partial charge is 0.333 e. The third-order valence-corrected chi connectivity index (χ3v) is 7.09. The van der Waals surface area contributed by atoms with Gasteiger partial charge in [0.25, 0.3) is 0 Å². The van der Waals surface area contributed by atoms with Gasteiger partial charge in [-0.2, -0.15) is 19.0 Å². The van der Waals surface area contributed by atoms with E-state index in [2.05, 4.69) is 22.0 Å². The summed E-state index contributed by atoms with van der Waals surface area (Å²) < 4.78 is 41.8. The van der Waals surface area contributed by atoms with Crippen LogP contribution in [0.5, 0.6) is 0 Å². The molecule has 9 nitrogen and oxygen atoms in total. The Labute approximate surface area is 207 Å². The van der Waals surface area contributed by atoms with Crippen LogP contribution in [0.2, 0.25) is 0 Å². The summed E-state index contributed by atoms with van der Waals surface area (Å²) in [7, 11) is 0. The van der Waals surface area contributed by atoms with E-state index in [1.807, 2.05) is 16.8 Å². The number of aliphatic imine (C=N–C) groups is 1. The van der Waals surface area contributed by atoms with Gasteiger partial charge in [0.2, 0.25) is 0 Å². The fourth-order valence-electron chi connectivity index (χ4n) is 5.35. The molecule has 0 amide bonds. The Hall–Kier alpha value is -3.18. The molecule has 0 saturated carbocycles. The molecule has 0 aliphatic carbocycles. The van der Waals surface area contributed by atoms with Crippen LogP contribution < -0.4 is 4.90 Å². The Morgan fingerprint density at radius 1 is 1.08 bits per heavy atom. The Balaban J connectivity index is 1.51. The van der Waals surface area contributed by atoms with Crippen LogP contribution in [0, 0.1) is 0 Å². The molecule has 2 saturated heterocycles. The van der Waals surface area contributed by atoms with Crippen LogP contribution in [0.3, 0.4) is 0 Å². The SMILES string of the molecule is C[C@@H]1COCCN1c1cc(-c2ccnn2C(F)F)nc2c1CCN=C2c1ccnn1C1CCCCO1. The average molecular weight is 498 g/mol. The van der Waals surface area contributed by atoms with E-state index in [0.717, 1.165) is 41.9 Å². The predicted octanol–water partition coefficient (Wildman–Crippen LogP) is 3.85. The van der Waals surface area contributed by atoms with Crippen molar-refractivity contribution in [3.63, 3.8) is 0 Å². The van der Waals surface area contributed by atoms with Gasteiger partial charge in [-0.15, -0.1) is 0 Å². The van der Waals surface area contributed by atoms with Gasteiger partial charge in [0.15, 0.2) is 6.23 Å². The quantitative estimate of drug-likeness (QED) is 0.533. The standard InChI is InChI=1S/C25H29F2N7O2/c1-16-15-35-13-11-32(16)21-14-18(19-6-9-30-34(19)25(26)27)31-23-17(21)5-8-28-24(23)20-7-10-29-33(20)22-4-2-3-12-36-22/h6-7,9-10,14,16,22,25H,2-5,8,11-13,15H2,1H3/t16-,22?/m1/s1. The summed E-state index contributed by atoms with van der Waals surface area (Å²) >= 11 is 0. The van der Waals surface area contributed by atoms with Crippen LogP contribution in [0.4, 0.5) is 14.5 Å². The van der Waals surface area contributed by atoms with Crippen LogP contribution in [0.15, 0.2) is 35.6 Å². The lowest BCUT2D eigenvalue weighted by Gasteiger charge is -2.37. The monoisotopic (exact) mass is 497 g/mol. The largest absolute Gasteiger partial charge is 0.377 e. The molecule has 3 aliphatic heterocycles. The van der Waals surface area contributed by atoms with Gasteiger partial charge < -0.3 is 14.4 Å². The predicted molar refractivity (Wildman–Crippen MR) is 130 cm³/mol. The van der Waals surface area contributed by atoms with E-state index in [4.69, 9.17) is 19.5 Å². The summed E-state index contributed by atoms with van der Waals surface area (Å²) in [5, 5.41) is 8.40. The first-order valence-electron chi connectivity index (χ1n) is 12.5. The molecule has 0 N–H and O–H groups in total. The number of halogens is 2. The molecule has 6 heterocycles. The van der Waals surface area contributed by atoms with E-state index < -0.39 is 6.55 Å². The highest BCUT2D eigenvalue weighted by atomic mass is 19.3. The molecule has 0 spiro atoms. The van der Waals surface area contributed by atoms with Crippen LogP contribution in [0.1, 0.15) is 55.9 Å². The van der Waals surface area contributed by atoms with Crippen LogP contribution in [-0.2, 0) is 15.9 Å². The molecule has 3 aromatic heterocycles. The van der Waals surface area contributed by atoms with Crippen molar-refractivity contribution in [1.29, 1.82) is 0 Å². The molecule has 0 bridgehead atoms. The van der Waals surface area contributed by atoms with Crippen molar-refractivity contribution in [2.75, 3.05) is 37.8 Å². The van der Waals surface area contributed by atoms with Gasteiger partial charge in [0.05, 0.1) is 36.0 Å². The van der Waals surface area contributed by atoms with Gasteiger partial charge in [0, 0.05) is 49.4 Å². The first-order valence-corrected chi connectivity index (χ1v) is 12.5. The number of rotatable bonds is 5. The number of anilines is 1. The molecule has 36 heavy (non-hydrogen) atoms. The van der Waals surface area contributed by atoms with E-state index in [-0.39, 0.29) is 18.0 Å². The van der Waals surface area contributed by atoms with Crippen molar-refractivity contribution in [2.24, 2.45) is 4.99 Å². The first-order chi connectivity index (χ1) is 17.6. The van der Waals surface area contributed by atoms with Gasteiger partial charge in [-0.1, -0.05) is 0 Å². The summed E-state index contributed by atoms with van der Waals surface area (Å²) in [5.74, 6) is 0. The second kappa shape index (κ2) is 9.70. The molecule has 3 aliphatic rings. The molecule has 11 heteroatoms. The molecule has 6 rings (SSSR count). The van der Waals surface area contributed by atoms with E-state index in [0.29, 0.717) is 55.4 Å². The third kappa shape index (κ3) is 4.09. The molecule has 190 valence electrons. The highest BCUT2D eigenvalue weighted by Crippen LogP contribution is 2.36. The second-order valence-corrected chi connectivity index (χ2v) is 9.37. The third-order valence-electron chi connectivity index (χ3n) is 7.09. The number of fused-ring (bicyclic) bond motifs is 1. The zero-order valence-corrected chi connectivity index (χ0v) is 20.2. The fraction of sp³-hybridized carbons (Fsp3) is 0.520. The molecular weight excluding hydrogens is 468 g/mol. The number of alkyl halides is 2. The normalized spacial score (nSPS) is 22.6. The summed E-state index contributed by atoms with van der Waals surface area (Å²) in [6.45, 7) is 2.59. The summed E-state index contributed by atoms with van der Waals surface area (Å²) in [4.78, 5) is 12.1. The maximum Gasteiger partial charge on any atom is 0.333 e. The molecule has 1 unspecified atom stereocenters. The summed E-state index contributed by atoms with van der Waals surface area (Å²) in [6.07, 6.45) is 6.70. The number of morpholine rings is 1. The van der Waals surface area contributed by atoms with E-state index >= 15 is 0 Å². The number of hydrogen-bond donors (Lipinski definition) is 0. The van der Waals surface area contributed by atoms with Crippen LogP contribution in [0.25, 0.3) is 11.4 Å². The van der Waals surface area contributed by atoms with Gasteiger partial charge >= 0.3 is 6.55 Å². The molecule has 2 fully saturated rings. The Morgan fingerprint density at radius 3 is 2.75 bits per heavy atom. The number of hydrogen-bond acceptors (Lipinski definition) is 7. The molecule has 3 aromatic rings. The first kappa shape index (κ1) is 23.2.